The maximum Gasteiger partial charge on any atom is 0.411 e. The number of hydrogen-bond donors (Lipinski definition) is 1. The molecule has 1 aromatic heterocycles. The van der Waals surface area contributed by atoms with Gasteiger partial charge < -0.3 is 18.8 Å². The van der Waals surface area contributed by atoms with Crippen molar-refractivity contribution in [1.29, 1.82) is 0 Å². The van der Waals surface area contributed by atoms with Gasteiger partial charge in [0.25, 0.3) is 0 Å². The van der Waals surface area contributed by atoms with Crippen LogP contribution in [0.15, 0.2) is 66.1 Å². The number of ether oxygens (including phenoxy) is 3. The van der Waals surface area contributed by atoms with E-state index in [0.717, 1.165) is 10.5 Å². The van der Waals surface area contributed by atoms with Crippen molar-refractivity contribution >= 4 is 46.7 Å². The average Bonchev–Trinajstić information content (AvgIpc) is 3.44. The van der Waals surface area contributed by atoms with Crippen LogP contribution < -0.4 is 5.32 Å². The lowest BCUT2D eigenvalue weighted by molar-refractivity contribution is -0.184. The fourth-order valence-corrected chi connectivity index (χ4v) is 4.91. The number of amides is 1. The Hall–Kier alpha value is -2.23. The smallest absolute Gasteiger partial charge is 0.411 e. The quantitative estimate of drug-likeness (QED) is 0.387. The molecule has 0 bridgehead atoms. The Morgan fingerprint density at radius 1 is 1.30 bits per heavy atom. The number of nitrogens with zero attached hydrogens (tertiary/aromatic N) is 2. The molecule has 0 aliphatic carbocycles. The molecule has 2 atom stereocenters. The topological polar surface area (TPSA) is 74.6 Å². The molecule has 174 valence electrons. The van der Waals surface area contributed by atoms with E-state index < -0.39 is 11.9 Å². The maximum atomic E-state index is 11.5. The summed E-state index contributed by atoms with van der Waals surface area (Å²) in [6.07, 6.45) is 4.66. The summed E-state index contributed by atoms with van der Waals surface area (Å²) in [4.78, 5) is 16.7. The third kappa shape index (κ3) is 6.02. The van der Waals surface area contributed by atoms with Crippen LogP contribution in [0, 0.1) is 0 Å². The lowest BCUT2D eigenvalue weighted by Gasteiger charge is -2.30. The Balaban J connectivity index is 1.42. The van der Waals surface area contributed by atoms with Crippen LogP contribution in [0.3, 0.4) is 0 Å². The minimum absolute atomic E-state index is 0.150. The second kappa shape index (κ2) is 10.8. The van der Waals surface area contributed by atoms with Crippen molar-refractivity contribution in [2.75, 3.05) is 24.3 Å². The number of carbonyl (C=O) groups excluding carboxylic acids is 1. The van der Waals surface area contributed by atoms with Crippen molar-refractivity contribution in [1.82, 2.24) is 9.55 Å². The van der Waals surface area contributed by atoms with Crippen molar-refractivity contribution in [2.45, 2.75) is 30.3 Å². The zero-order valence-electron chi connectivity index (χ0n) is 17.9. The highest BCUT2D eigenvalue weighted by Crippen LogP contribution is 2.41. The van der Waals surface area contributed by atoms with Crippen molar-refractivity contribution in [3.63, 3.8) is 0 Å². The molecule has 0 radical (unpaired) electrons. The molecule has 1 saturated heterocycles. The van der Waals surface area contributed by atoms with Gasteiger partial charge in [-0.3, -0.25) is 5.32 Å². The molecule has 33 heavy (non-hydrogen) atoms. The zero-order chi connectivity index (χ0) is 23.3. The van der Waals surface area contributed by atoms with E-state index in [0.29, 0.717) is 41.2 Å². The van der Waals surface area contributed by atoms with Gasteiger partial charge in [-0.1, -0.05) is 29.3 Å². The summed E-state index contributed by atoms with van der Waals surface area (Å²) in [5.74, 6) is -0.359. The molecule has 1 amide bonds. The lowest BCUT2D eigenvalue weighted by Crippen LogP contribution is -2.34. The molecular formula is C23H23Cl2N3O4S. The van der Waals surface area contributed by atoms with Gasteiger partial charge >= 0.3 is 6.09 Å². The summed E-state index contributed by atoms with van der Waals surface area (Å²) in [5, 5.41) is 3.72. The Morgan fingerprint density at radius 3 is 2.82 bits per heavy atom. The number of benzene rings is 2. The lowest BCUT2D eigenvalue weighted by atomic mass is 10.1. The van der Waals surface area contributed by atoms with Crippen molar-refractivity contribution in [3.8, 4) is 0 Å². The van der Waals surface area contributed by atoms with Crippen LogP contribution >= 0.6 is 35.0 Å². The van der Waals surface area contributed by atoms with Crippen LogP contribution in [-0.2, 0) is 26.5 Å². The van der Waals surface area contributed by atoms with Gasteiger partial charge in [0.05, 0.1) is 37.2 Å². The molecular weight excluding hydrogens is 485 g/mol. The second-order valence-electron chi connectivity index (χ2n) is 7.34. The Morgan fingerprint density at radius 2 is 2.12 bits per heavy atom. The minimum Gasteiger partial charge on any atom is -0.450 e. The highest BCUT2D eigenvalue weighted by Gasteiger charge is 2.45. The van der Waals surface area contributed by atoms with Crippen LogP contribution in [0.5, 0.6) is 0 Å². The molecule has 1 fully saturated rings. The molecule has 3 aromatic rings. The second-order valence-corrected chi connectivity index (χ2v) is 9.28. The SMILES string of the molecule is CCOC(=O)Nc1ccc(SC[C@@H]2CO[C@](Cn3ccnc3)(c3ccc(Cl)cc3Cl)O2)cc1. The summed E-state index contributed by atoms with van der Waals surface area (Å²) in [7, 11) is 0. The van der Waals surface area contributed by atoms with E-state index in [1.807, 2.05) is 41.1 Å². The molecule has 4 rings (SSSR count). The molecule has 1 N–H and O–H groups in total. The van der Waals surface area contributed by atoms with Gasteiger partial charge in [-0.15, -0.1) is 11.8 Å². The van der Waals surface area contributed by atoms with E-state index in [9.17, 15) is 4.79 Å². The molecule has 1 aliphatic heterocycles. The van der Waals surface area contributed by atoms with Gasteiger partial charge in [0.1, 0.15) is 0 Å². The first kappa shape index (κ1) is 23.9. The number of halogens is 2. The molecule has 0 unspecified atom stereocenters. The van der Waals surface area contributed by atoms with Crippen molar-refractivity contribution in [3.05, 3.63) is 76.8 Å². The van der Waals surface area contributed by atoms with Gasteiger partial charge in [-0.25, -0.2) is 9.78 Å². The van der Waals surface area contributed by atoms with Gasteiger partial charge in [-0.2, -0.15) is 0 Å². The third-order valence-electron chi connectivity index (χ3n) is 4.96. The molecule has 7 nitrogen and oxygen atoms in total. The summed E-state index contributed by atoms with van der Waals surface area (Å²) < 4.78 is 19.5. The number of nitrogens with one attached hydrogen (secondary N) is 1. The summed E-state index contributed by atoms with van der Waals surface area (Å²) in [6, 6.07) is 12.9. The first-order chi connectivity index (χ1) is 16.0. The van der Waals surface area contributed by atoms with Crippen LogP contribution in [0.25, 0.3) is 0 Å². The largest absolute Gasteiger partial charge is 0.450 e. The predicted molar refractivity (Wildman–Crippen MR) is 129 cm³/mol. The Labute approximate surface area is 206 Å². The molecule has 0 saturated carbocycles. The summed E-state index contributed by atoms with van der Waals surface area (Å²) in [5.41, 5.74) is 1.40. The average molecular weight is 508 g/mol. The van der Waals surface area contributed by atoms with Crippen LogP contribution in [0.2, 0.25) is 10.0 Å². The maximum absolute atomic E-state index is 11.5. The number of aromatic nitrogens is 2. The van der Waals surface area contributed by atoms with E-state index in [1.54, 1.807) is 43.3 Å². The fourth-order valence-electron chi connectivity index (χ4n) is 3.48. The van der Waals surface area contributed by atoms with E-state index in [1.165, 1.54) is 0 Å². The van der Waals surface area contributed by atoms with Crippen LogP contribution in [-0.4, -0.2) is 40.7 Å². The van der Waals surface area contributed by atoms with Crippen LogP contribution in [0.4, 0.5) is 10.5 Å². The number of carbonyl (C=O) groups is 1. The molecule has 2 heterocycles. The van der Waals surface area contributed by atoms with Crippen molar-refractivity contribution in [2.24, 2.45) is 0 Å². The zero-order valence-corrected chi connectivity index (χ0v) is 20.2. The Bertz CT molecular complexity index is 1080. The standard InChI is InChI=1S/C23H23Cl2N3O4S/c1-2-30-22(29)27-17-4-6-19(7-5-17)33-13-18-12-31-23(32-18,14-28-10-9-26-15-28)20-8-3-16(24)11-21(20)25/h3-11,15,18H,2,12-14H2,1H3,(H,27,29)/t18-,23-/m0/s1. The molecule has 10 heteroatoms. The molecule has 0 spiro atoms. The van der Waals surface area contributed by atoms with E-state index in [-0.39, 0.29) is 6.10 Å². The fraction of sp³-hybridized carbons (Fsp3) is 0.304. The summed E-state index contributed by atoms with van der Waals surface area (Å²) in [6.45, 7) is 2.92. The number of rotatable bonds is 8. The monoisotopic (exact) mass is 507 g/mol. The van der Waals surface area contributed by atoms with Crippen molar-refractivity contribution < 1.29 is 19.0 Å². The van der Waals surface area contributed by atoms with Gasteiger partial charge in [0.2, 0.25) is 5.79 Å². The van der Waals surface area contributed by atoms with E-state index in [2.05, 4.69) is 10.3 Å². The normalized spacial score (nSPS) is 20.0. The van der Waals surface area contributed by atoms with Gasteiger partial charge in [0, 0.05) is 39.3 Å². The minimum atomic E-state index is -1.04. The number of imidazole rings is 1. The van der Waals surface area contributed by atoms with E-state index in [4.69, 9.17) is 37.4 Å². The van der Waals surface area contributed by atoms with Gasteiger partial charge in [0.15, 0.2) is 0 Å². The summed E-state index contributed by atoms with van der Waals surface area (Å²) >= 11 is 14.3. The number of hydrogen-bond acceptors (Lipinski definition) is 6. The molecule has 2 aromatic carbocycles. The number of anilines is 1. The van der Waals surface area contributed by atoms with Gasteiger partial charge in [-0.05, 0) is 43.3 Å². The van der Waals surface area contributed by atoms with Crippen LogP contribution in [0.1, 0.15) is 12.5 Å². The first-order valence-electron chi connectivity index (χ1n) is 10.4. The Kier molecular flexibility index (Phi) is 7.82. The third-order valence-corrected chi connectivity index (χ3v) is 6.65. The molecule has 1 aliphatic rings. The predicted octanol–water partition coefficient (Wildman–Crippen LogP) is 5.82. The number of thioether (sulfide) groups is 1. The van der Waals surface area contributed by atoms with E-state index >= 15 is 0 Å². The highest BCUT2D eigenvalue weighted by atomic mass is 35.5. The highest BCUT2D eigenvalue weighted by molar-refractivity contribution is 7.99. The first-order valence-corrected chi connectivity index (χ1v) is 12.1.